The molecule has 2 heterocycles. The van der Waals surface area contributed by atoms with Gasteiger partial charge in [-0.15, -0.1) is 0 Å². The van der Waals surface area contributed by atoms with Crippen LogP contribution in [-0.4, -0.2) is 40.7 Å². The average molecular weight is 349 g/mol. The van der Waals surface area contributed by atoms with E-state index in [1.54, 1.807) is 17.0 Å². The number of fused-ring (bicyclic) bond motifs is 1. The standard InChI is InChI=1S/C20H19N3O3/c24-17(22-11-10-14-6-4-5-9-16(14)12-22)13-23-19(25)18(21-20(23)26)15-7-2-1-3-8-15/h1-9,18H,10-13H2,(H,21,26). The molecule has 1 unspecified atom stereocenters. The highest BCUT2D eigenvalue weighted by Gasteiger charge is 2.40. The Labute approximate surface area is 151 Å². The van der Waals surface area contributed by atoms with E-state index in [0.29, 0.717) is 18.7 Å². The number of nitrogens with one attached hydrogen (secondary N) is 1. The normalized spacial score (nSPS) is 19.3. The highest BCUT2D eigenvalue weighted by Crippen LogP contribution is 2.23. The number of carbonyl (C=O) groups excluding carboxylic acids is 3. The predicted octanol–water partition coefficient (Wildman–Crippen LogP) is 1.86. The van der Waals surface area contributed by atoms with E-state index in [4.69, 9.17) is 0 Å². The molecule has 6 heteroatoms. The van der Waals surface area contributed by atoms with Gasteiger partial charge in [0.15, 0.2) is 0 Å². The van der Waals surface area contributed by atoms with Crippen molar-refractivity contribution in [3.63, 3.8) is 0 Å². The lowest BCUT2D eigenvalue weighted by Crippen LogP contribution is -2.44. The molecule has 1 N–H and O–H groups in total. The first-order valence-electron chi connectivity index (χ1n) is 8.65. The van der Waals surface area contributed by atoms with Crippen LogP contribution < -0.4 is 5.32 Å². The Balaban J connectivity index is 1.45. The van der Waals surface area contributed by atoms with Crippen LogP contribution in [0.4, 0.5) is 4.79 Å². The van der Waals surface area contributed by atoms with Gasteiger partial charge in [-0.25, -0.2) is 4.79 Å². The zero-order valence-corrected chi connectivity index (χ0v) is 14.2. The molecule has 0 bridgehead atoms. The molecule has 4 rings (SSSR count). The average Bonchev–Trinajstić information content (AvgIpc) is 2.96. The van der Waals surface area contributed by atoms with E-state index >= 15 is 0 Å². The number of urea groups is 1. The second kappa shape index (κ2) is 6.63. The SMILES string of the molecule is O=C(CN1C(=O)NC(c2ccccc2)C1=O)N1CCc2ccccc2C1. The number of rotatable bonds is 3. The minimum atomic E-state index is -0.724. The Hall–Kier alpha value is -3.15. The van der Waals surface area contributed by atoms with Gasteiger partial charge in [-0.2, -0.15) is 0 Å². The van der Waals surface area contributed by atoms with E-state index in [0.717, 1.165) is 16.9 Å². The van der Waals surface area contributed by atoms with Crippen molar-refractivity contribution in [3.8, 4) is 0 Å². The van der Waals surface area contributed by atoms with E-state index < -0.39 is 12.1 Å². The topological polar surface area (TPSA) is 69.7 Å². The van der Waals surface area contributed by atoms with Gasteiger partial charge in [-0.05, 0) is 23.1 Å². The van der Waals surface area contributed by atoms with Gasteiger partial charge in [0.2, 0.25) is 5.91 Å². The van der Waals surface area contributed by atoms with Crippen LogP contribution in [0.5, 0.6) is 0 Å². The van der Waals surface area contributed by atoms with Crippen LogP contribution in [0.2, 0.25) is 0 Å². The second-order valence-electron chi connectivity index (χ2n) is 6.55. The smallest absolute Gasteiger partial charge is 0.325 e. The summed E-state index contributed by atoms with van der Waals surface area (Å²) in [6.45, 7) is 0.887. The number of hydrogen-bond donors (Lipinski definition) is 1. The minimum Gasteiger partial charge on any atom is -0.336 e. The molecule has 4 amide bonds. The van der Waals surface area contributed by atoms with Crippen molar-refractivity contribution in [2.45, 2.75) is 19.0 Å². The van der Waals surface area contributed by atoms with Crippen molar-refractivity contribution in [3.05, 3.63) is 71.3 Å². The largest absolute Gasteiger partial charge is 0.336 e. The van der Waals surface area contributed by atoms with Crippen LogP contribution in [-0.2, 0) is 22.6 Å². The van der Waals surface area contributed by atoms with Crippen molar-refractivity contribution in [2.75, 3.05) is 13.1 Å². The van der Waals surface area contributed by atoms with Crippen molar-refractivity contribution >= 4 is 17.8 Å². The Morgan fingerprint density at radius 1 is 1.00 bits per heavy atom. The second-order valence-corrected chi connectivity index (χ2v) is 6.55. The molecule has 132 valence electrons. The lowest BCUT2D eigenvalue weighted by atomic mass is 10.00. The zero-order valence-electron chi connectivity index (χ0n) is 14.2. The van der Waals surface area contributed by atoms with Crippen LogP contribution in [0.15, 0.2) is 54.6 Å². The summed E-state index contributed by atoms with van der Waals surface area (Å²) in [5.74, 6) is -0.594. The number of nitrogens with zero attached hydrogens (tertiary/aromatic N) is 2. The van der Waals surface area contributed by atoms with E-state index in [1.165, 1.54) is 5.56 Å². The molecular formula is C20H19N3O3. The zero-order chi connectivity index (χ0) is 18.1. The monoisotopic (exact) mass is 349 g/mol. The van der Waals surface area contributed by atoms with Gasteiger partial charge in [0.1, 0.15) is 12.6 Å². The predicted molar refractivity (Wildman–Crippen MR) is 95.0 cm³/mol. The first-order valence-corrected chi connectivity index (χ1v) is 8.65. The molecular weight excluding hydrogens is 330 g/mol. The van der Waals surface area contributed by atoms with Gasteiger partial charge < -0.3 is 10.2 Å². The third kappa shape index (κ3) is 2.94. The lowest BCUT2D eigenvalue weighted by molar-refractivity contribution is -0.138. The fourth-order valence-corrected chi connectivity index (χ4v) is 3.48. The van der Waals surface area contributed by atoms with Crippen molar-refractivity contribution in [1.29, 1.82) is 0 Å². The van der Waals surface area contributed by atoms with Crippen molar-refractivity contribution < 1.29 is 14.4 Å². The summed E-state index contributed by atoms with van der Waals surface area (Å²) in [7, 11) is 0. The third-order valence-electron chi connectivity index (χ3n) is 4.94. The molecule has 2 aliphatic rings. The van der Waals surface area contributed by atoms with Crippen LogP contribution in [0, 0.1) is 0 Å². The molecule has 0 aromatic heterocycles. The van der Waals surface area contributed by atoms with Gasteiger partial charge in [0.05, 0.1) is 0 Å². The summed E-state index contributed by atoms with van der Waals surface area (Å²) in [6, 6.07) is 15.8. The lowest BCUT2D eigenvalue weighted by Gasteiger charge is -2.29. The summed E-state index contributed by atoms with van der Waals surface area (Å²) in [5.41, 5.74) is 3.08. The molecule has 1 fully saturated rings. The fourth-order valence-electron chi connectivity index (χ4n) is 3.48. The van der Waals surface area contributed by atoms with Gasteiger partial charge in [0, 0.05) is 13.1 Å². The van der Waals surface area contributed by atoms with Crippen molar-refractivity contribution in [2.24, 2.45) is 0 Å². The molecule has 26 heavy (non-hydrogen) atoms. The molecule has 6 nitrogen and oxygen atoms in total. The van der Waals surface area contributed by atoms with Gasteiger partial charge in [0.25, 0.3) is 5.91 Å². The molecule has 0 aliphatic carbocycles. The molecule has 0 spiro atoms. The first-order chi connectivity index (χ1) is 12.6. The molecule has 0 saturated carbocycles. The fraction of sp³-hybridized carbons (Fsp3) is 0.250. The summed E-state index contributed by atoms with van der Waals surface area (Å²) >= 11 is 0. The Morgan fingerprint density at radius 3 is 2.46 bits per heavy atom. The number of benzene rings is 2. The number of hydrogen-bond acceptors (Lipinski definition) is 3. The van der Waals surface area contributed by atoms with E-state index in [-0.39, 0.29) is 18.4 Å². The van der Waals surface area contributed by atoms with Crippen molar-refractivity contribution in [1.82, 2.24) is 15.1 Å². The molecule has 2 aliphatic heterocycles. The van der Waals surface area contributed by atoms with Crippen LogP contribution in [0.1, 0.15) is 22.7 Å². The highest BCUT2D eigenvalue weighted by atomic mass is 16.2. The Morgan fingerprint density at radius 2 is 1.69 bits per heavy atom. The summed E-state index contributed by atoms with van der Waals surface area (Å²) < 4.78 is 0. The number of carbonyl (C=O) groups is 3. The maximum atomic E-state index is 12.7. The number of amides is 4. The summed E-state index contributed by atoms with van der Waals surface area (Å²) in [6.07, 6.45) is 0.786. The summed E-state index contributed by atoms with van der Waals surface area (Å²) in [4.78, 5) is 40.2. The van der Waals surface area contributed by atoms with Gasteiger partial charge >= 0.3 is 6.03 Å². The first kappa shape index (κ1) is 16.3. The molecule has 2 aromatic rings. The maximum Gasteiger partial charge on any atom is 0.325 e. The van der Waals surface area contributed by atoms with Crippen LogP contribution in [0.25, 0.3) is 0 Å². The molecule has 2 aromatic carbocycles. The Bertz CT molecular complexity index is 866. The van der Waals surface area contributed by atoms with Crippen LogP contribution in [0.3, 0.4) is 0 Å². The third-order valence-corrected chi connectivity index (χ3v) is 4.94. The molecule has 0 radical (unpaired) electrons. The number of imide groups is 1. The van der Waals surface area contributed by atoms with Crippen LogP contribution >= 0.6 is 0 Å². The highest BCUT2D eigenvalue weighted by molar-refractivity contribution is 6.06. The maximum absolute atomic E-state index is 12.7. The Kier molecular flexibility index (Phi) is 4.16. The van der Waals surface area contributed by atoms with Gasteiger partial charge in [-0.1, -0.05) is 54.6 Å². The molecule has 1 saturated heterocycles. The van der Waals surface area contributed by atoms with Gasteiger partial charge in [-0.3, -0.25) is 14.5 Å². The van der Waals surface area contributed by atoms with E-state index in [1.807, 2.05) is 36.4 Å². The molecule has 1 atom stereocenters. The summed E-state index contributed by atoms with van der Waals surface area (Å²) in [5, 5.41) is 2.66. The van der Waals surface area contributed by atoms with E-state index in [9.17, 15) is 14.4 Å². The van der Waals surface area contributed by atoms with E-state index in [2.05, 4.69) is 11.4 Å². The quantitative estimate of drug-likeness (QED) is 0.860. The minimum absolute atomic E-state index is 0.211.